The summed E-state index contributed by atoms with van der Waals surface area (Å²) in [6, 6.07) is 1.24. The second-order valence-corrected chi connectivity index (χ2v) is 5.22. The van der Waals surface area contributed by atoms with E-state index in [0.29, 0.717) is 12.1 Å². The van der Waals surface area contributed by atoms with Crippen molar-refractivity contribution in [2.45, 2.75) is 36.6 Å². The fraction of sp³-hybridized carbons (Fsp3) is 1.00. The van der Waals surface area contributed by atoms with E-state index in [2.05, 4.69) is 21.1 Å². The standard InChI is InChI=1S/C8H16N4S/c1-2-6-7(11-12-10-6)8-5(1)3-4-9-13-8/h5-12H,1-4H2. The number of rotatable bonds is 0. The van der Waals surface area contributed by atoms with Crippen LogP contribution in [0.2, 0.25) is 0 Å². The van der Waals surface area contributed by atoms with E-state index in [1.54, 1.807) is 0 Å². The first kappa shape index (κ1) is 8.49. The largest absolute Gasteiger partial charge is 0.264 e. The number of hydrazine groups is 2. The number of fused-ring (bicyclic) bond motifs is 3. The molecule has 0 spiro atoms. The fourth-order valence-corrected chi connectivity index (χ4v) is 4.00. The quantitative estimate of drug-likeness (QED) is 0.407. The molecule has 74 valence electrons. The van der Waals surface area contributed by atoms with E-state index in [1.807, 2.05) is 11.9 Å². The van der Waals surface area contributed by atoms with Gasteiger partial charge in [0.1, 0.15) is 0 Å². The van der Waals surface area contributed by atoms with Crippen molar-refractivity contribution in [3.05, 3.63) is 0 Å². The fourth-order valence-electron chi connectivity index (χ4n) is 2.70. The zero-order chi connectivity index (χ0) is 8.67. The molecule has 4 atom stereocenters. The molecule has 13 heavy (non-hydrogen) atoms. The first-order valence-electron chi connectivity index (χ1n) is 5.10. The summed E-state index contributed by atoms with van der Waals surface area (Å²) in [6.45, 7) is 1.18. The molecule has 1 saturated carbocycles. The van der Waals surface area contributed by atoms with Crippen molar-refractivity contribution < 1.29 is 0 Å². The molecule has 0 radical (unpaired) electrons. The van der Waals surface area contributed by atoms with Crippen LogP contribution in [-0.4, -0.2) is 23.9 Å². The lowest BCUT2D eigenvalue weighted by Gasteiger charge is -2.41. The molecule has 3 aliphatic rings. The predicted molar refractivity (Wildman–Crippen MR) is 53.7 cm³/mol. The van der Waals surface area contributed by atoms with E-state index in [0.717, 1.165) is 11.2 Å². The molecule has 4 N–H and O–H groups in total. The molecular weight excluding hydrogens is 184 g/mol. The minimum atomic E-state index is 0.608. The molecule has 2 saturated heterocycles. The van der Waals surface area contributed by atoms with Gasteiger partial charge in [0.05, 0.1) is 6.04 Å². The Morgan fingerprint density at radius 1 is 1.08 bits per heavy atom. The van der Waals surface area contributed by atoms with Crippen LogP contribution in [-0.2, 0) is 0 Å². The summed E-state index contributed by atoms with van der Waals surface area (Å²) in [6.07, 6.45) is 4.05. The third-order valence-corrected chi connectivity index (χ3v) is 4.75. The highest BCUT2D eigenvalue weighted by Crippen LogP contribution is 2.37. The molecule has 5 heteroatoms. The van der Waals surface area contributed by atoms with Crippen molar-refractivity contribution in [2.24, 2.45) is 5.92 Å². The molecule has 0 bridgehead atoms. The predicted octanol–water partition coefficient (Wildman–Crippen LogP) is -0.244. The van der Waals surface area contributed by atoms with Gasteiger partial charge in [0.15, 0.2) is 0 Å². The van der Waals surface area contributed by atoms with E-state index < -0.39 is 0 Å². The average Bonchev–Trinajstić information content (AvgIpc) is 2.65. The van der Waals surface area contributed by atoms with Crippen LogP contribution in [0.3, 0.4) is 0 Å². The summed E-state index contributed by atoms with van der Waals surface area (Å²) in [5.41, 5.74) is 9.68. The summed E-state index contributed by atoms with van der Waals surface area (Å²) >= 11 is 1.93. The van der Waals surface area contributed by atoms with Gasteiger partial charge in [-0.15, -0.1) is 0 Å². The molecule has 0 amide bonds. The van der Waals surface area contributed by atoms with Crippen LogP contribution >= 0.6 is 11.9 Å². The van der Waals surface area contributed by atoms with Gasteiger partial charge in [-0.25, -0.2) is 10.9 Å². The Morgan fingerprint density at radius 3 is 3.08 bits per heavy atom. The Morgan fingerprint density at radius 2 is 2.08 bits per heavy atom. The van der Waals surface area contributed by atoms with Gasteiger partial charge in [-0.05, 0) is 25.2 Å². The lowest BCUT2D eigenvalue weighted by Crippen LogP contribution is -2.52. The van der Waals surface area contributed by atoms with Crippen LogP contribution in [0.15, 0.2) is 0 Å². The Hall–Kier alpha value is 0.190. The zero-order valence-electron chi connectivity index (χ0n) is 7.55. The summed E-state index contributed by atoms with van der Waals surface area (Å²) < 4.78 is 3.42. The third kappa shape index (κ3) is 1.39. The van der Waals surface area contributed by atoms with Gasteiger partial charge in [-0.2, -0.15) is 5.53 Å². The first-order valence-corrected chi connectivity index (χ1v) is 5.98. The van der Waals surface area contributed by atoms with Gasteiger partial charge in [-0.1, -0.05) is 11.9 Å². The number of hydrogen-bond donors (Lipinski definition) is 4. The Labute approximate surface area is 82.7 Å². The first-order chi connectivity index (χ1) is 6.45. The van der Waals surface area contributed by atoms with E-state index in [4.69, 9.17) is 0 Å². The monoisotopic (exact) mass is 200 g/mol. The highest BCUT2D eigenvalue weighted by Gasteiger charge is 2.43. The minimum Gasteiger partial charge on any atom is -0.264 e. The van der Waals surface area contributed by atoms with E-state index in [9.17, 15) is 0 Å². The maximum atomic E-state index is 3.42. The van der Waals surface area contributed by atoms with Crippen LogP contribution < -0.4 is 21.1 Å². The number of hydrogen-bond acceptors (Lipinski definition) is 5. The van der Waals surface area contributed by atoms with Crippen molar-refractivity contribution in [3.63, 3.8) is 0 Å². The summed E-state index contributed by atoms with van der Waals surface area (Å²) in [5.74, 6) is 0.918. The van der Waals surface area contributed by atoms with E-state index in [1.165, 1.54) is 25.8 Å². The van der Waals surface area contributed by atoms with Crippen molar-refractivity contribution >= 4 is 11.9 Å². The van der Waals surface area contributed by atoms with E-state index in [-0.39, 0.29) is 0 Å². The molecular formula is C8H16N4S. The van der Waals surface area contributed by atoms with Gasteiger partial charge in [-0.3, -0.25) is 4.72 Å². The molecule has 0 aromatic heterocycles. The van der Waals surface area contributed by atoms with Gasteiger partial charge in [0, 0.05) is 17.8 Å². The summed E-state index contributed by atoms with van der Waals surface area (Å²) in [4.78, 5) is 0. The SMILES string of the molecule is C1CC2CCC3NNNC3C2SN1. The zero-order valence-corrected chi connectivity index (χ0v) is 8.36. The van der Waals surface area contributed by atoms with Gasteiger partial charge in [0.25, 0.3) is 0 Å². The Balaban J connectivity index is 1.77. The molecule has 0 aromatic rings. The van der Waals surface area contributed by atoms with Crippen molar-refractivity contribution in [1.29, 1.82) is 0 Å². The third-order valence-electron chi connectivity index (χ3n) is 3.43. The molecule has 4 nitrogen and oxygen atoms in total. The molecule has 3 fully saturated rings. The molecule has 3 rings (SSSR count). The lowest BCUT2D eigenvalue weighted by molar-refractivity contribution is 0.274. The summed E-state index contributed by atoms with van der Waals surface area (Å²) in [5, 5.41) is 0.745. The second-order valence-electron chi connectivity index (χ2n) is 4.15. The van der Waals surface area contributed by atoms with Gasteiger partial charge < -0.3 is 0 Å². The average molecular weight is 200 g/mol. The van der Waals surface area contributed by atoms with Crippen molar-refractivity contribution in [1.82, 2.24) is 21.1 Å². The van der Waals surface area contributed by atoms with E-state index >= 15 is 0 Å². The van der Waals surface area contributed by atoms with Crippen LogP contribution in [0.1, 0.15) is 19.3 Å². The molecule has 0 aromatic carbocycles. The van der Waals surface area contributed by atoms with Crippen LogP contribution in [0.5, 0.6) is 0 Å². The second kappa shape index (κ2) is 3.40. The smallest absolute Gasteiger partial charge is 0.0527 e. The van der Waals surface area contributed by atoms with Gasteiger partial charge in [0.2, 0.25) is 0 Å². The highest BCUT2D eigenvalue weighted by atomic mass is 32.2. The maximum Gasteiger partial charge on any atom is 0.0527 e. The molecule has 2 aliphatic heterocycles. The van der Waals surface area contributed by atoms with Crippen LogP contribution in [0.4, 0.5) is 0 Å². The summed E-state index contributed by atoms with van der Waals surface area (Å²) in [7, 11) is 0. The lowest BCUT2D eigenvalue weighted by atomic mass is 9.81. The topological polar surface area (TPSA) is 48.1 Å². The van der Waals surface area contributed by atoms with Crippen molar-refractivity contribution in [3.8, 4) is 0 Å². The molecule has 1 aliphatic carbocycles. The Bertz CT molecular complexity index is 201. The molecule has 4 unspecified atom stereocenters. The highest BCUT2D eigenvalue weighted by molar-refractivity contribution is 7.98. The maximum absolute atomic E-state index is 3.42. The minimum absolute atomic E-state index is 0.608. The van der Waals surface area contributed by atoms with Gasteiger partial charge >= 0.3 is 0 Å². The van der Waals surface area contributed by atoms with Crippen LogP contribution in [0.25, 0.3) is 0 Å². The van der Waals surface area contributed by atoms with Crippen LogP contribution in [0, 0.1) is 5.92 Å². The number of nitrogens with one attached hydrogen (secondary N) is 4. The van der Waals surface area contributed by atoms with Crippen molar-refractivity contribution in [2.75, 3.05) is 6.54 Å². The Kier molecular flexibility index (Phi) is 2.22. The molecule has 2 heterocycles. The normalized spacial score (nSPS) is 49.8.